The summed E-state index contributed by atoms with van der Waals surface area (Å²) in [6, 6.07) is 10.8. The Morgan fingerprint density at radius 3 is 2.26 bits per heavy atom. The number of rotatable bonds is 7. The van der Waals surface area contributed by atoms with Crippen LogP contribution >= 0.6 is 0 Å². The maximum absolute atomic E-state index is 12.6. The highest BCUT2D eigenvalue weighted by Gasteiger charge is 2.23. The van der Waals surface area contributed by atoms with E-state index in [0.29, 0.717) is 36.1 Å². The molecule has 0 fully saturated rings. The van der Waals surface area contributed by atoms with Gasteiger partial charge < -0.3 is 14.8 Å². The summed E-state index contributed by atoms with van der Waals surface area (Å²) in [5.41, 5.74) is 0.938. The number of ether oxygens (including phenoxy) is 2. The standard InChI is InChI=1S/C19H23N3O7S2/c1-21(30(2,24)25)15-6-4-5-14(11-15)20-19(23)13-22(31(3,26)27)16-7-8-17-18(12-16)29-10-9-28-17/h4-8,11-12H,9-10,13H2,1-3H3,(H,20,23). The number of anilines is 3. The molecule has 0 saturated heterocycles. The maximum atomic E-state index is 12.6. The van der Waals surface area contributed by atoms with Gasteiger partial charge in [-0.05, 0) is 30.3 Å². The molecular weight excluding hydrogens is 446 g/mol. The van der Waals surface area contributed by atoms with Crippen molar-refractivity contribution in [2.24, 2.45) is 0 Å². The van der Waals surface area contributed by atoms with Gasteiger partial charge in [0.2, 0.25) is 26.0 Å². The molecule has 10 nitrogen and oxygen atoms in total. The van der Waals surface area contributed by atoms with Gasteiger partial charge in [-0.15, -0.1) is 0 Å². The minimum atomic E-state index is -3.78. The highest BCUT2D eigenvalue weighted by atomic mass is 32.2. The Labute approximate surface area is 181 Å². The fourth-order valence-corrected chi connectivity index (χ4v) is 4.23. The Kier molecular flexibility index (Phi) is 6.32. The molecule has 1 N–H and O–H groups in total. The second kappa shape index (κ2) is 8.63. The fraction of sp³-hybridized carbons (Fsp3) is 0.316. The van der Waals surface area contributed by atoms with E-state index in [-0.39, 0.29) is 5.69 Å². The van der Waals surface area contributed by atoms with Crippen LogP contribution in [0, 0.1) is 0 Å². The van der Waals surface area contributed by atoms with Crippen molar-refractivity contribution < 1.29 is 31.1 Å². The van der Waals surface area contributed by atoms with E-state index < -0.39 is 32.5 Å². The Balaban J connectivity index is 1.80. The van der Waals surface area contributed by atoms with Crippen LogP contribution in [0.15, 0.2) is 42.5 Å². The van der Waals surface area contributed by atoms with E-state index in [9.17, 15) is 21.6 Å². The minimum Gasteiger partial charge on any atom is -0.486 e. The third kappa shape index (κ3) is 5.58. The number of hydrogen-bond donors (Lipinski definition) is 1. The third-order valence-electron chi connectivity index (χ3n) is 4.49. The SMILES string of the molecule is CN(c1cccc(NC(=O)CN(c2ccc3c(c2)OCCO3)S(C)(=O)=O)c1)S(C)(=O)=O. The second-order valence-electron chi connectivity index (χ2n) is 6.93. The molecule has 1 heterocycles. The zero-order chi connectivity index (χ0) is 22.8. The molecule has 0 spiro atoms. The molecular formula is C19H23N3O7S2. The highest BCUT2D eigenvalue weighted by Crippen LogP contribution is 2.34. The van der Waals surface area contributed by atoms with Crippen molar-refractivity contribution in [3.8, 4) is 11.5 Å². The van der Waals surface area contributed by atoms with Crippen LogP contribution in [-0.4, -0.2) is 62.1 Å². The molecule has 3 rings (SSSR count). The first-order valence-corrected chi connectivity index (χ1v) is 12.9. The van der Waals surface area contributed by atoms with Crippen LogP contribution in [0.3, 0.4) is 0 Å². The molecule has 1 amide bonds. The molecule has 0 aliphatic carbocycles. The summed E-state index contributed by atoms with van der Waals surface area (Å²) >= 11 is 0. The van der Waals surface area contributed by atoms with E-state index in [1.54, 1.807) is 24.3 Å². The maximum Gasteiger partial charge on any atom is 0.245 e. The second-order valence-corrected chi connectivity index (χ2v) is 10.8. The van der Waals surface area contributed by atoms with E-state index in [2.05, 4.69) is 5.32 Å². The topological polar surface area (TPSA) is 122 Å². The Morgan fingerprint density at radius 2 is 1.61 bits per heavy atom. The number of benzene rings is 2. The van der Waals surface area contributed by atoms with Gasteiger partial charge in [-0.25, -0.2) is 16.8 Å². The van der Waals surface area contributed by atoms with Gasteiger partial charge in [0.1, 0.15) is 19.8 Å². The summed E-state index contributed by atoms with van der Waals surface area (Å²) in [5.74, 6) is 0.300. The Hall–Kier alpha value is -2.99. The van der Waals surface area contributed by atoms with E-state index in [1.807, 2.05) is 0 Å². The number of nitrogens with one attached hydrogen (secondary N) is 1. The first-order chi connectivity index (χ1) is 14.4. The lowest BCUT2D eigenvalue weighted by atomic mass is 10.2. The van der Waals surface area contributed by atoms with Crippen molar-refractivity contribution in [3.05, 3.63) is 42.5 Å². The largest absolute Gasteiger partial charge is 0.486 e. The molecule has 1 aliphatic rings. The van der Waals surface area contributed by atoms with Gasteiger partial charge in [-0.2, -0.15) is 0 Å². The first-order valence-electron chi connectivity index (χ1n) is 9.16. The number of nitrogens with zero attached hydrogens (tertiary/aromatic N) is 2. The molecule has 0 atom stereocenters. The molecule has 12 heteroatoms. The van der Waals surface area contributed by atoms with Crippen molar-refractivity contribution in [1.29, 1.82) is 0 Å². The molecule has 2 aromatic rings. The van der Waals surface area contributed by atoms with Crippen molar-refractivity contribution in [1.82, 2.24) is 0 Å². The zero-order valence-corrected chi connectivity index (χ0v) is 18.9. The van der Waals surface area contributed by atoms with Gasteiger partial charge in [-0.1, -0.05) is 6.07 Å². The predicted molar refractivity (Wildman–Crippen MR) is 118 cm³/mol. The number of sulfonamides is 2. The molecule has 31 heavy (non-hydrogen) atoms. The van der Waals surface area contributed by atoms with E-state index in [1.165, 1.54) is 25.2 Å². The third-order valence-corrected chi connectivity index (χ3v) is 6.84. The lowest BCUT2D eigenvalue weighted by Crippen LogP contribution is -2.37. The summed E-state index contributed by atoms with van der Waals surface area (Å²) in [5, 5.41) is 2.60. The summed E-state index contributed by atoms with van der Waals surface area (Å²) in [4.78, 5) is 12.6. The number of hydrogen-bond acceptors (Lipinski definition) is 7. The average molecular weight is 470 g/mol. The van der Waals surface area contributed by atoms with Crippen LogP contribution in [0.5, 0.6) is 11.5 Å². The molecule has 2 aromatic carbocycles. The van der Waals surface area contributed by atoms with E-state index in [0.717, 1.165) is 21.1 Å². The van der Waals surface area contributed by atoms with Crippen molar-refractivity contribution in [2.75, 3.05) is 53.2 Å². The predicted octanol–water partition coefficient (Wildman–Crippen LogP) is 1.26. The monoisotopic (exact) mass is 469 g/mol. The lowest BCUT2D eigenvalue weighted by Gasteiger charge is -2.25. The quantitative estimate of drug-likeness (QED) is 0.648. The van der Waals surface area contributed by atoms with Crippen molar-refractivity contribution in [3.63, 3.8) is 0 Å². The van der Waals surface area contributed by atoms with Crippen LogP contribution < -0.4 is 23.4 Å². The number of amides is 1. The highest BCUT2D eigenvalue weighted by molar-refractivity contribution is 7.92. The normalized spacial score (nSPS) is 13.4. The zero-order valence-electron chi connectivity index (χ0n) is 17.2. The van der Waals surface area contributed by atoms with Crippen LogP contribution in [0.1, 0.15) is 0 Å². The molecule has 1 aliphatic heterocycles. The Morgan fingerprint density at radius 1 is 0.935 bits per heavy atom. The van der Waals surface area contributed by atoms with Crippen LogP contribution in [0.25, 0.3) is 0 Å². The van der Waals surface area contributed by atoms with E-state index in [4.69, 9.17) is 9.47 Å². The minimum absolute atomic E-state index is 0.257. The molecule has 0 saturated carbocycles. The summed E-state index contributed by atoms with van der Waals surface area (Å²) in [6.45, 7) is 0.261. The molecule has 0 bridgehead atoms. The fourth-order valence-electron chi connectivity index (χ4n) is 2.89. The summed E-state index contributed by atoms with van der Waals surface area (Å²) in [7, 11) is -5.86. The van der Waals surface area contributed by atoms with E-state index >= 15 is 0 Å². The van der Waals surface area contributed by atoms with Crippen molar-refractivity contribution >= 4 is 43.0 Å². The van der Waals surface area contributed by atoms with Crippen molar-refractivity contribution in [2.45, 2.75) is 0 Å². The Bertz CT molecular complexity index is 1200. The number of carbonyl (C=O) groups excluding carboxylic acids is 1. The first kappa shape index (κ1) is 22.7. The average Bonchev–Trinajstić information content (AvgIpc) is 2.70. The van der Waals surface area contributed by atoms with Gasteiger partial charge in [0, 0.05) is 18.8 Å². The number of fused-ring (bicyclic) bond motifs is 1. The molecule has 0 unspecified atom stereocenters. The molecule has 0 radical (unpaired) electrons. The molecule has 0 aromatic heterocycles. The van der Waals surface area contributed by atoms with Crippen LogP contribution in [0.4, 0.5) is 17.1 Å². The van der Waals surface area contributed by atoms with Gasteiger partial charge in [0.15, 0.2) is 11.5 Å². The van der Waals surface area contributed by atoms with Gasteiger partial charge in [-0.3, -0.25) is 13.4 Å². The molecule has 168 valence electrons. The van der Waals surface area contributed by atoms with Gasteiger partial charge in [0.05, 0.1) is 23.9 Å². The summed E-state index contributed by atoms with van der Waals surface area (Å²) < 4.78 is 61.1. The smallest absolute Gasteiger partial charge is 0.245 e. The van der Waals surface area contributed by atoms with Gasteiger partial charge in [0.25, 0.3) is 0 Å². The van der Waals surface area contributed by atoms with Crippen LogP contribution in [0.2, 0.25) is 0 Å². The van der Waals surface area contributed by atoms with Crippen LogP contribution in [-0.2, 0) is 24.8 Å². The summed E-state index contributed by atoms with van der Waals surface area (Å²) in [6.07, 6.45) is 2.06. The number of carbonyl (C=O) groups is 1. The van der Waals surface area contributed by atoms with Gasteiger partial charge >= 0.3 is 0 Å². The lowest BCUT2D eigenvalue weighted by molar-refractivity contribution is -0.114.